The van der Waals surface area contributed by atoms with E-state index in [2.05, 4.69) is 0 Å². The fourth-order valence-corrected chi connectivity index (χ4v) is 4.03. The van der Waals surface area contributed by atoms with Gasteiger partial charge in [0, 0.05) is 19.7 Å². The van der Waals surface area contributed by atoms with Gasteiger partial charge in [-0.15, -0.1) is 0 Å². The van der Waals surface area contributed by atoms with Crippen LogP contribution in [0.15, 0.2) is 84.6 Å². The highest BCUT2D eigenvalue weighted by Crippen LogP contribution is 2.36. The summed E-state index contributed by atoms with van der Waals surface area (Å²) in [5.41, 5.74) is 2.89. The summed E-state index contributed by atoms with van der Waals surface area (Å²) in [6.07, 6.45) is 0.0378. The first-order valence-electron chi connectivity index (χ1n) is 11.2. The van der Waals surface area contributed by atoms with E-state index in [-0.39, 0.29) is 17.9 Å². The van der Waals surface area contributed by atoms with Gasteiger partial charge in [0.15, 0.2) is 0 Å². The topological polar surface area (TPSA) is 59.1 Å². The molecule has 3 aromatic carbocycles. The first kappa shape index (κ1) is 23.1. The number of ether oxygens (including phenoxy) is 2. The molecule has 0 spiro atoms. The van der Waals surface area contributed by atoms with Crippen molar-refractivity contribution in [3.63, 3.8) is 0 Å². The Bertz CT molecular complexity index is 1220. The fraction of sp³-hybridized carbons (Fsp3) is 0.214. The summed E-state index contributed by atoms with van der Waals surface area (Å²) >= 11 is 0. The van der Waals surface area contributed by atoms with E-state index in [0.29, 0.717) is 40.6 Å². The number of hydrogen-bond acceptors (Lipinski definition) is 5. The van der Waals surface area contributed by atoms with Crippen molar-refractivity contribution in [1.29, 1.82) is 0 Å². The lowest BCUT2D eigenvalue weighted by atomic mass is 10.0. The molecule has 6 nitrogen and oxygen atoms in total. The molecule has 0 atom stereocenters. The molecule has 0 N–H and O–H groups in total. The first-order chi connectivity index (χ1) is 16.4. The minimum absolute atomic E-state index is 0.0378. The highest BCUT2D eigenvalue weighted by atomic mass is 16.5. The Morgan fingerprint density at radius 1 is 0.853 bits per heavy atom. The zero-order valence-corrected chi connectivity index (χ0v) is 19.8. The number of methoxy groups -OCH3 is 1. The van der Waals surface area contributed by atoms with Crippen molar-refractivity contribution in [2.24, 2.45) is 0 Å². The molecule has 1 aliphatic rings. The first-order valence-corrected chi connectivity index (χ1v) is 11.2. The van der Waals surface area contributed by atoms with Crippen LogP contribution in [-0.4, -0.2) is 37.0 Å². The number of imide groups is 1. The number of hydrogen-bond donors (Lipinski definition) is 0. The van der Waals surface area contributed by atoms with Crippen molar-refractivity contribution >= 4 is 23.1 Å². The van der Waals surface area contributed by atoms with Crippen LogP contribution in [0.5, 0.6) is 11.5 Å². The minimum atomic E-state index is -0.370. The van der Waals surface area contributed by atoms with E-state index in [4.69, 9.17) is 9.47 Å². The van der Waals surface area contributed by atoms with Gasteiger partial charge < -0.3 is 14.4 Å². The molecule has 3 aromatic rings. The predicted molar refractivity (Wildman–Crippen MR) is 133 cm³/mol. The normalized spacial score (nSPS) is 13.6. The van der Waals surface area contributed by atoms with Gasteiger partial charge in [-0.3, -0.25) is 9.59 Å². The van der Waals surface area contributed by atoms with Gasteiger partial charge in [-0.25, -0.2) is 4.90 Å². The van der Waals surface area contributed by atoms with Gasteiger partial charge in [0.1, 0.15) is 17.2 Å². The van der Waals surface area contributed by atoms with Crippen LogP contribution >= 0.6 is 0 Å². The van der Waals surface area contributed by atoms with Gasteiger partial charge in [-0.1, -0.05) is 48.5 Å². The number of benzene rings is 3. The minimum Gasteiger partial charge on any atom is -0.497 e. The molecule has 0 saturated carbocycles. The van der Waals surface area contributed by atoms with Crippen LogP contribution < -0.4 is 14.4 Å². The summed E-state index contributed by atoms with van der Waals surface area (Å²) in [6, 6.07) is 24.1. The number of carbonyl (C=O) groups is 2. The van der Waals surface area contributed by atoms with E-state index in [9.17, 15) is 9.59 Å². The average Bonchev–Trinajstić information content (AvgIpc) is 3.10. The average molecular weight is 457 g/mol. The summed E-state index contributed by atoms with van der Waals surface area (Å²) in [5, 5.41) is 0. The molecule has 0 saturated heterocycles. The molecule has 1 aliphatic heterocycles. The van der Waals surface area contributed by atoms with Crippen molar-refractivity contribution in [1.82, 2.24) is 4.90 Å². The lowest BCUT2D eigenvalue weighted by molar-refractivity contribution is -0.120. The van der Waals surface area contributed by atoms with E-state index in [1.807, 2.05) is 80.4 Å². The summed E-state index contributed by atoms with van der Waals surface area (Å²) in [4.78, 5) is 30.4. The lowest BCUT2D eigenvalue weighted by Crippen LogP contribution is -2.34. The number of anilines is 1. The quantitative estimate of drug-likeness (QED) is 0.451. The second-order valence-corrected chi connectivity index (χ2v) is 8.40. The van der Waals surface area contributed by atoms with Crippen LogP contribution in [0.1, 0.15) is 25.0 Å². The second-order valence-electron chi connectivity index (χ2n) is 8.40. The highest BCUT2D eigenvalue weighted by molar-refractivity contribution is 6.45. The molecular formula is C28H28N2O4. The van der Waals surface area contributed by atoms with Crippen molar-refractivity contribution in [3.05, 3.63) is 95.7 Å². The van der Waals surface area contributed by atoms with Gasteiger partial charge in [0.2, 0.25) is 0 Å². The van der Waals surface area contributed by atoms with Crippen LogP contribution in [0.4, 0.5) is 5.69 Å². The smallest absolute Gasteiger partial charge is 0.282 e. The largest absolute Gasteiger partial charge is 0.497 e. The standard InChI is InChI=1S/C28H28N2O4/c1-19(2)34-23-15-13-21(14-16-23)25-26(29(3)18-20-9-6-5-7-10-20)28(32)30(27(25)31)22-11-8-12-24(17-22)33-4/h5-17,19H,18H2,1-4H3. The summed E-state index contributed by atoms with van der Waals surface area (Å²) in [5.74, 6) is 0.542. The maximum Gasteiger partial charge on any atom is 0.282 e. The molecule has 1 heterocycles. The fourth-order valence-electron chi connectivity index (χ4n) is 4.03. The van der Waals surface area contributed by atoms with Gasteiger partial charge in [-0.2, -0.15) is 0 Å². The Hall–Kier alpha value is -4.06. The molecule has 0 bridgehead atoms. The molecule has 0 unspecified atom stereocenters. The Morgan fingerprint density at radius 2 is 1.56 bits per heavy atom. The molecular weight excluding hydrogens is 428 g/mol. The Kier molecular flexibility index (Phi) is 6.68. The SMILES string of the molecule is COc1cccc(N2C(=O)C(c3ccc(OC(C)C)cc3)=C(N(C)Cc3ccccc3)C2=O)c1. The van der Waals surface area contributed by atoms with Crippen LogP contribution in [0.25, 0.3) is 5.57 Å². The van der Waals surface area contributed by atoms with Gasteiger partial charge in [0.25, 0.3) is 11.8 Å². The zero-order chi connectivity index (χ0) is 24.2. The lowest BCUT2D eigenvalue weighted by Gasteiger charge is -2.22. The van der Waals surface area contributed by atoms with E-state index >= 15 is 0 Å². The molecule has 6 heteroatoms. The maximum absolute atomic E-state index is 13.7. The Morgan fingerprint density at radius 3 is 2.21 bits per heavy atom. The number of likely N-dealkylation sites (N-methyl/N-ethyl adjacent to an activating group) is 1. The maximum atomic E-state index is 13.7. The molecule has 2 amide bonds. The van der Waals surface area contributed by atoms with Crippen LogP contribution in [0, 0.1) is 0 Å². The van der Waals surface area contributed by atoms with Crippen LogP contribution in [-0.2, 0) is 16.1 Å². The number of amides is 2. The predicted octanol–water partition coefficient (Wildman–Crippen LogP) is 4.90. The molecule has 0 aromatic heterocycles. The van der Waals surface area contributed by atoms with Crippen molar-refractivity contribution in [2.75, 3.05) is 19.1 Å². The van der Waals surface area contributed by atoms with E-state index in [0.717, 1.165) is 5.56 Å². The van der Waals surface area contributed by atoms with Gasteiger partial charge in [-0.05, 0) is 49.2 Å². The van der Waals surface area contributed by atoms with E-state index < -0.39 is 0 Å². The number of carbonyl (C=O) groups excluding carboxylic acids is 2. The van der Waals surface area contributed by atoms with Crippen LogP contribution in [0.3, 0.4) is 0 Å². The monoisotopic (exact) mass is 456 g/mol. The Balaban J connectivity index is 1.77. The molecule has 0 aliphatic carbocycles. The second kappa shape index (κ2) is 9.83. The number of nitrogens with zero attached hydrogens (tertiary/aromatic N) is 2. The van der Waals surface area contributed by atoms with E-state index in [1.165, 1.54) is 4.90 Å². The summed E-state index contributed by atoms with van der Waals surface area (Å²) < 4.78 is 11.1. The molecule has 0 radical (unpaired) electrons. The summed E-state index contributed by atoms with van der Waals surface area (Å²) in [7, 11) is 3.38. The molecule has 174 valence electrons. The molecule has 34 heavy (non-hydrogen) atoms. The molecule has 4 rings (SSSR count). The summed E-state index contributed by atoms with van der Waals surface area (Å²) in [6.45, 7) is 4.40. The van der Waals surface area contributed by atoms with Gasteiger partial charge in [0.05, 0.1) is 24.5 Å². The third-order valence-electron chi connectivity index (χ3n) is 5.53. The Labute approximate surface area is 200 Å². The zero-order valence-electron chi connectivity index (χ0n) is 19.8. The van der Waals surface area contributed by atoms with E-state index in [1.54, 1.807) is 31.4 Å². The highest BCUT2D eigenvalue weighted by Gasteiger charge is 2.41. The number of rotatable bonds is 8. The third kappa shape index (κ3) is 4.66. The van der Waals surface area contributed by atoms with Crippen LogP contribution in [0.2, 0.25) is 0 Å². The van der Waals surface area contributed by atoms with Crippen molar-refractivity contribution < 1.29 is 19.1 Å². The van der Waals surface area contributed by atoms with Gasteiger partial charge >= 0.3 is 0 Å². The van der Waals surface area contributed by atoms with Crippen molar-refractivity contribution in [3.8, 4) is 11.5 Å². The van der Waals surface area contributed by atoms with Crippen molar-refractivity contribution in [2.45, 2.75) is 26.5 Å². The third-order valence-corrected chi connectivity index (χ3v) is 5.53. The molecule has 0 fully saturated rings.